The molecule has 1 aliphatic rings. The number of hydrogen-bond donors (Lipinski definition) is 0. The van der Waals surface area contributed by atoms with Crippen LogP contribution in [0.15, 0.2) is 212 Å². The van der Waals surface area contributed by atoms with Crippen molar-refractivity contribution in [3.05, 3.63) is 212 Å². The fraction of sp³-hybridized carbons (Fsp3) is 0. The number of benzene rings is 10. The van der Waals surface area contributed by atoms with Crippen molar-refractivity contribution in [1.29, 1.82) is 0 Å². The average Bonchev–Trinajstić information content (AvgIpc) is 3.39. The molecule has 0 aromatic heterocycles. The lowest BCUT2D eigenvalue weighted by atomic mass is 9.90. The van der Waals surface area contributed by atoms with Crippen LogP contribution in [-0.4, -0.2) is 0 Å². The van der Waals surface area contributed by atoms with Crippen LogP contribution in [0.2, 0.25) is 0 Å². The molecule has 10 aromatic carbocycles. The second-order valence-electron chi connectivity index (χ2n) is 14.5. The van der Waals surface area contributed by atoms with E-state index in [4.69, 9.17) is 0 Å². The van der Waals surface area contributed by atoms with Crippen molar-refractivity contribution in [2.75, 3.05) is 4.90 Å². The zero-order valence-electron chi connectivity index (χ0n) is 30.2. The Labute approximate surface area is 321 Å². The maximum absolute atomic E-state index is 2.46. The molecule has 1 heteroatoms. The molecule has 0 fully saturated rings. The van der Waals surface area contributed by atoms with Gasteiger partial charge in [-0.1, -0.05) is 170 Å². The first-order valence-corrected chi connectivity index (χ1v) is 19.0. The quantitative estimate of drug-likeness (QED) is 0.166. The van der Waals surface area contributed by atoms with Gasteiger partial charge in [0.15, 0.2) is 0 Å². The number of anilines is 3. The fourth-order valence-corrected chi connectivity index (χ4v) is 8.80. The maximum atomic E-state index is 2.46. The summed E-state index contributed by atoms with van der Waals surface area (Å²) in [6.07, 6.45) is 0. The van der Waals surface area contributed by atoms with Gasteiger partial charge in [-0.2, -0.15) is 0 Å². The Morgan fingerprint density at radius 3 is 1.40 bits per heavy atom. The van der Waals surface area contributed by atoms with Crippen molar-refractivity contribution in [1.82, 2.24) is 0 Å². The van der Waals surface area contributed by atoms with Crippen molar-refractivity contribution in [2.45, 2.75) is 0 Å². The lowest BCUT2D eigenvalue weighted by Crippen LogP contribution is -2.11. The minimum absolute atomic E-state index is 1.13. The molecule has 0 spiro atoms. The highest BCUT2D eigenvalue weighted by molar-refractivity contribution is 6.25. The first-order valence-electron chi connectivity index (χ1n) is 19.0. The Bertz CT molecular complexity index is 3070. The van der Waals surface area contributed by atoms with Crippen LogP contribution in [0.25, 0.3) is 88.0 Å². The molecule has 0 radical (unpaired) electrons. The predicted molar refractivity (Wildman–Crippen MR) is 234 cm³/mol. The Balaban J connectivity index is 1.10. The largest absolute Gasteiger partial charge is 0.309 e. The summed E-state index contributed by atoms with van der Waals surface area (Å²) in [5.41, 5.74) is 15.6. The maximum Gasteiger partial charge on any atom is 0.0540 e. The molecule has 0 bridgehead atoms. The van der Waals surface area contributed by atoms with Crippen molar-refractivity contribution >= 4 is 49.4 Å². The van der Waals surface area contributed by atoms with E-state index in [1.54, 1.807) is 0 Å². The number of rotatable bonds is 4. The summed E-state index contributed by atoms with van der Waals surface area (Å²) in [6.45, 7) is 0. The van der Waals surface area contributed by atoms with Gasteiger partial charge >= 0.3 is 0 Å². The van der Waals surface area contributed by atoms with Crippen molar-refractivity contribution in [2.24, 2.45) is 0 Å². The monoisotopic (exact) mass is 697 g/mol. The third-order valence-electron chi connectivity index (χ3n) is 11.4. The molecule has 0 aliphatic carbocycles. The van der Waals surface area contributed by atoms with Crippen LogP contribution >= 0.6 is 0 Å². The zero-order valence-corrected chi connectivity index (χ0v) is 30.2. The number of para-hydroxylation sites is 1. The first kappa shape index (κ1) is 31.3. The van der Waals surface area contributed by atoms with Gasteiger partial charge in [-0.05, 0) is 119 Å². The van der Waals surface area contributed by atoms with E-state index in [0.717, 1.165) is 11.4 Å². The van der Waals surface area contributed by atoms with E-state index in [1.165, 1.54) is 93.6 Å². The Morgan fingerprint density at radius 1 is 0.218 bits per heavy atom. The predicted octanol–water partition coefficient (Wildman–Crippen LogP) is 15.3. The summed E-state index contributed by atoms with van der Waals surface area (Å²) in [6, 6.07) is 77.9. The molecule has 0 saturated heterocycles. The summed E-state index contributed by atoms with van der Waals surface area (Å²) < 4.78 is 0. The molecule has 0 amide bonds. The van der Waals surface area contributed by atoms with Gasteiger partial charge in [0.25, 0.3) is 0 Å². The molecule has 256 valence electrons. The van der Waals surface area contributed by atoms with Gasteiger partial charge in [-0.15, -0.1) is 0 Å². The summed E-state index contributed by atoms with van der Waals surface area (Å²) in [5.74, 6) is 0. The molecule has 1 nitrogen and oxygen atoms in total. The van der Waals surface area contributed by atoms with Crippen LogP contribution in [0.4, 0.5) is 17.1 Å². The van der Waals surface area contributed by atoms with E-state index in [-0.39, 0.29) is 0 Å². The van der Waals surface area contributed by atoms with Crippen LogP contribution < -0.4 is 4.90 Å². The van der Waals surface area contributed by atoms with E-state index in [0.29, 0.717) is 0 Å². The Hall–Kier alpha value is -7.22. The topological polar surface area (TPSA) is 3.24 Å². The van der Waals surface area contributed by atoms with E-state index >= 15 is 0 Å². The molecule has 1 heterocycles. The third kappa shape index (κ3) is 5.16. The van der Waals surface area contributed by atoms with E-state index < -0.39 is 0 Å². The van der Waals surface area contributed by atoms with Gasteiger partial charge in [-0.3, -0.25) is 0 Å². The van der Waals surface area contributed by atoms with Gasteiger partial charge in [0.2, 0.25) is 0 Å². The molecule has 0 unspecified atom stereocenters. The molecule has 0 atom stereocenters. The highest BCUT2D eigenvalue weighted by Gasteiger charge is 2.26. The van der Waals surface area contributed by atoms with Gasteiger partial charge in [-0.25, -0.2) is 0 Å². The van der Waals surface area contributed by atoms with E-state index in [2.05, 4.69) is 217 Å². The van der Waals surface area contributed by atoms with Gasteiger partial charge in [0.05, 0.1) is 11.4 Å². The minimum atomic E-state index is 1.13. The highest BCUT2D eigenvalue weighted by Crippen LogP contribution is 2.52. The van der Waals surface area contributed by atoms with Crippen LogP contribution in [0, 0.1) is 0 Å². The molecule has 10 aromatic rings. The molecule has 55 heavy (non-hydrogen) atoms. The van der Waals surface area contributed by atoms with Crippen LogP contribution in [0.1, 0.15) is 0 Å². The lowest BCUT2D eigenvalue weighted by Gasteiger charge is -2.28. The molecular weight excluding hydrogens is 663 g/mol. The standard InChI is InChI=1S/C54H35N/c1-2-14-36(15-3-1)37-16-12-17-38(32-37)39-18-13-19-42(33-39)55-53-27-11-10-26-50(53)46-23-7-9-25-48(46)52-35-41(29-31-54(52)55)40-28-30-49-45-22-5-4-20-43(45)44-21-6-8-24-47(44)51(49)34-40/h1-35H. The number of hydrogen-bond acceptors (Lipinski definition) is 1. The molecule has 0 saturated carbocycles. The molecule has 1 aliphatic heterocycles. The van der Waals surface area contributed by atoms with Crippen molar-refractivity contribution < 1.29 is 0 Å². The Morgan fingerprint density at radius 2 is 0.673 bits per heavy atom. The highest BCUT2D eigenvalue weighted by atomic mass is 15.1. The van der Waals surface area contributed by atoms with Crippen LogP contribution in [0.5, 0.6) is 0 Å². The molecule has 11 rings (SSSR count). The number of fused-ring (bicyclic) bond motifs is 11. The second kappa shape index (κ2) is 12.7. The summed E-state index contributed by atoms with van der Waals surface area (Å²) in [5, 5.41) is 7.74. The number of nitrogens with zero attached hydrogens (tertiary/aromatic N) is 1. The third-order valence-corrected chi connectivity index (χ3v) is 11.4. The lowest BCUT2D eigenvalue weighted by molar-refractivity contribution is 1.29. The van der Waals surface area contributed by atoms with Crippen molar-refractivity contribution in [3.63, 3.8) is 0 Å². The van der Waals surface area contributed by atoms with E-state index in [9.17, 15) is 0 Å². The Kier molecular flexibility index (Phi) is 7.25. The van der Waals surface area contributed by atoms with Crippen molar-refractivity contribution in [3.8, 4) is 55.6 Å². The SMILES string of the molecule is c1ccc(-c2cccc(-c3cccc(N4c5ccccc5-c5ccccc5-c5cc(-c6ccc7c8ccccc8c8ccccc8c7c6)ccc54)c3)c2)cc1. The molecule has 0 N–H and O–H groups in total. The van der Waals surface area contributed by atoms with Crippen LogP contribution in [-0.2, 0) is 0 Å². The molecular formula is C54H35N. The first-order chi connectivity index (χ1) is 27.3. The second-order valence-corrected chi connectivity index (χ2v) is 14.5. The normalized spacial score (nSPS) is 12.0. The summed E-state index contributed by atoms with van der Waals surface area (Å²) in [7, 11) is 0. The minimum Gasteiger partial charge on any atom is -0.309 e. The summed E-state index contributed by atoms with van der Waals surface area (Å²) in [4.78, 5) is 2.46. The smallest absolute Gasteiger partial charge is 0.0540 e. The van der Waals surface area contributed by atoms with E-state index in [1.807, 2.05) is 0 Å². The van der Waals surface area contributed by atoms with Gasteiger partial charge < -0.3 is 4.90 Å². The van der Waals surface area contributed by atoms with Crippen LogP contribution in [0.3, 0.4) is 0 Å². The van der Waals surface area contributed by atoms with Gasteiger partial charge in [0.1, 0.15) is 0 Å². The zero-order chi connectivity index (χ0) is 36.3. The fourth-order valence-electron chi connectivity index (χ4n) is 8.80. The average molecular weight is 698 g/mol. The van der Waals surface area contributed by atoms with Gasteiger partial charge in [0, 0.05) is 16.8 Å². The summed E-state index contributed by atoms with van der Waals surface area (Å²) >= 11 is 0.